The van der Waals surface area contributed by atoms with Crippen LogP contribution in [-0.4, -0.2) is 52.4 Å². The summed E-state index contributed by atoms with van der Waals surface area (Å²) in [6.07, 6.45) is 6.67. The first-order chi connectivity index (χ1) is 22.1. The number of primary sulfonamides is 1. The highest BCUT2D eigenvalue weighted by Crippen LogP contribution is 2.33. The molecule has 0 saturated heterocycles. The summed E-state index contributed by atoms with van der Waals surface area (Å²) in [5.74, 6) is 0.421. The van der Waals surface area contributed by atoms with Crippen LogP contribution in [0.2, 0.25) is 0 Å². The molecule has 0 radical (unpaired) electrons. The lowest BCUT2D eigenvalue weighted by molar-refractivity contribution is 0.474. The third kappa shape index (κ3) is 5.27. The molecule has 0 saturated carbocycles. The monoisotopic (exact) mass is 636 g/mol. The van der Waals surface area contributed by atoms with Gasteiger partial charge in [-0.1, -0.05) is 18.2 Å². The topological polar surface area (TPSA) is 191 Å². The van der Waals surface area contributed by atoms with Crippen molar-refractivity contribution in [3.63, 3.8) is 0 Å². The summed E-state index contributed by atoms with van der Waals surface area (Å²) in [7, 11) is -3.80. The lowest BCUT2D eigenvalue weighted by atomic mass is 10.1. The zero-order chi connectivity index (χ0) is 32.2. The Morgan fingerprint density at radius 2 is 1.83 bits per heavy atom. The van der Waals surface area contributed by atoms with E-state index in [0.29, 0.717) is 56.4 Å². The number of sulfonamides is 1. The molecule has 0 spiro atoms. The molecule has 0 bridgehead atoms. The summed E-state index contributed by atoms with van der Waals surface area (Å²) in [4.78, 5) is 25.9. The van der Waals surface area contributed by atoms with E-state index in [2.05, 4.69) is 20.3 Å². The highest BCUT2D eigenvalue weighted by Gasteiger charge is 2.22. The smallest absolute Gasteiger partial charge is 0.282 e. The van der Waals surface area contributed by atoms with E-state index in [4.69, 9.17) is 15.3 Å². The van der Waals surface area contributed by atoms with Gasteiger partial charge >= 0.3 is 0 Å². The largest absolute Gasteiger partial charge is 0.508 e. The number of nitrogens with zero attached hydrogens (tertiary/aromatic N) is 7. The van der Waals surface area contributed by atoms with E-state index >= 15 is 0 Å². The molecule has 0 fully saturated rings. The van der Waals surface area contributed by atoms with E-state index in [-0.39, 0.29) is 11.3 Å². The summed E-state index contributed by atoms with van der Waals surface area (Å²) in [5, 5.41) is 29.1. The SMILES string of the molecule is Cc1ccn2nc([C@H](C)Nc3ncnc4[nH]cc(-c5ccn(-c6cc(O)cc(CS(N)(=O)=O)c6)n5)c34)n(-c3ccccc3)c(=O)c12. The zero-order valence-electron chi connectivity index (χ0n) is 24.7. The number of aromatic amines is 1. The highest BCUT2D eigenvalue weighted by atomic mass is 32.2. The van der Waals surface area contributed by atoms with E-state index in [1.165, 1.54) is 23.1 Å². The number of H-pyrrole nitrogens is 1. The maximum Gasteiger partial charge on any atom is 0.282 e. The average molecular weight is 637 g/mol. The Labute approximate surface area is 261 Å². The molecule has 5 heterocycles. The van der Waals surface area contributed by atoms with Crippen molar-refractivity contribution in [1.29, 1.82) is 0 Å². The van der Waals surface area contributed by atoms with Crippen molar-refractivity contribution in [2.24, 2.45) is 5.14 Å². The molecule has 232 valence electrons. The van der Waals surface area contributed by atoms with E-state index in [0.717, 1.165) is 5.56 Å². The minimum atomic E-state index is -3.80. The number of phenols is 1. The fraction of sp³-hybridized carbons (Fsp3) is 0.129. The first-order valence-electron chi connectivity index (χ1n) is 14.2. The normalized spacial score (nSPS) is 12.6. The predicted molar refractivity (Wildman–Crippen MR) is 172 cm³/mol. The van der Waals surface area contributed by atoms with Crippen molar-refractivity contribution in [3.05, 3.63) is 113 Å². The van der Waals surface area contributed by atoms with Crippen LogP contribution in [0.5, 0.6) is 5.75 Å². The summed E-state index contributed by atoms with van der Waals surface area (Å²) in [6.45, 7) is 3.78. The van der Waals surface area contributed by atoms with Gasteiger partial charge in [-0.15, -0.1) is 0 Å². The Hall–Kier alpha value is -5.80. The van der Waals surface area contributed by atoms with E-state index in [9.17, 15) is 18.3 Å². The molecule has 0 aliphatic rings. The fourth-order valence-electron chi connectivity index (χ4n) is 5.60. The van der Waals surface area contributed by atoms with Crippen LogP contribution in [-0.2, 0) is 15.8 Å². The van der Waals surface area contributed by atoms with Crippen molar-refractivity contribution in [1.82, 2.24) is 38.9 Å². The summed E-state index contributed by atoms with van der Waals surface area (Å²) in [5.41, 5.74) is 4.42. The number of hydrogen-bond acceptors (Lipinski definition) is 9. The molecule has 5 aromatic heterocycles. The number of aromatic nitrogens is 8. The summed E-state index contributed by atoms with van der Waals surface area (Å²) >= 11 is 0. The van der Waals surface area contributed by atoms with Gasteiger partial charge in [-0.25, -0.2) is 32.7 Å². The highest BCUT2D eigenvalue weighted by molar-refractivity contribution is 7.88. The van der Waals surface area contributed by atoms with E-state index < -0.39 is 21.8 Å². The zero-order valence-corrected chi connectivity index (χ0v) is 25.5. The van der Waals surface area contributed by atoms with Crippen molar-refractivity contribution in [2.45, 2.75) is 25.6 Å². The number of rotatable bonds is 8. The minimum absolute atomic E-state index is 0.120. The molecular weight excluding hydrogens is 608 g/mol. The average Bonchev–Trinajstić information content (AvgIpc) is 3.75. The van der Waals surface area contributed by atoms with Gasteiger partial charge in [0.15, 0.2) is 5.82 Å². The molecule has 1 atom stereocenters. The van der Waals surface area contributed by atoms with Crippen molar-refractivity contribution in [3.8, 4) is 28.4 Å². The number of phenolic OH excluding ortho intramolecular Hbond substituents is 1. The van der Waals surface area contributed by atoms with Gasteiger partial charge in [-0.2, -0.15) is 10.2 Å². The quantitative estimate of drug-likeness (QED) is 0.193. The van der Waals surface area contributed by atoms with Gasteiger partial charge in [-0.05, 0) is 61.4 Å². The van der Waals surface area contributed by atoms with Gasteiger partial charge in [0.25, 0.3) is 5.56 Å². The van der Waals surface area contributed by atoms with E-state index in [1.807, 2.05) is 50.2 Å². The lowest BCUT2D eigenvalue weighted by Crippen LogP contribution is -2.29. The number of anilines is 1. The second-order valence-corrected chi connectivity index (χ2v) is 12.6. The van der Waals surface area contributed by atoms with Crippen molar-refractivity contribution >= 4 is 32.4 Å². The number of para-hydroxylation sites is 1. The first kappa shape index (κ1) is 28.9. The molecule has 7 aromatic rings. The van der Waals surface area contributed by atoms with Crippen LogP contribution in [0.1, 0.15) is 29.9 Å². The van der Waals surface area contributed by atoms with Crippen LogP contribution in [0.3, 0.4) is 0 Å². The lowest BCUT2D eigenvalue weighted by Gasteiger charge is -2.20. The van der Waals surface area contributed by atoms with Crippen LogP contribution in [0.25, 0.3) is 39.2 Å². The third-order valence-corrected chi connectivity index (χ3v) is 8.33. The van der Waals surface area contributed by atoms with E-state index in [1.54, 1.807) is 39.8 Å². The van der Waals surface area contributed by atoms with Crippen LogP contribution in [0.15, 0.2) is 90.4 Å². The van der Waals surface area contributed by atoms with Gasteiger partial charge in [0, 0.05) is 30.2 Å². The molecule has 0 aliphatic carbocycles. The van der Waals surface area contributed by atoms with Gasteiger partial charge in [0.2, 0.25) is 10.0 Å². The third-order valence-electron chi connectivity index (χ3n) is 7.60. The van der Waals surface area contributed by atoms with Gasteiger partial charge in [0.1, 0.15) is 29.1 Å². The van der Waals surface area contributed by atoms with Crippen LogP contribution < -0.4 is 16.0 Å². The Balaban J connectivity index is 1.28. The second kappa shape index (κ2) is 11.0. The van der Waals surface area contributed by atoms with Crippen LogP contribution >= 0.6 is 0 Å². The first-order valence-corrected chi connectivity index (χ1v) is 15.9. The van der Waals surface area contributed by atoms with Crippen molar-refractivity contribution in [2.75, 3.05) is 5.32 Å². The number of hydrogen-bond donors (Lipinski definition) is 4. The predicted octanol–water partition coefficient (Wildman–Crippen LogP) is 3.58. The number of aryl methyl sites for hydroxylation is 1. The summed E-state index contributed by atoms with van der Waals surface area (Å²) < 4.78 is 28.0. The number of nitrogens with one attached hydrogen (secondary N) is 2. The van der Waals surface area contributed by atoms with Gasteiger partial charge < -0.3 is 15.4 Å². The minimum Gasteiger partial charge on any atom is -0.508 e. The molecule has 7 rings (SSSR count). The number of benzene rings is 2. The molecule has 2 aromatic carbocycles. The van der Waals surface area contributed by atoms with Crippen LogP contribution in [0.4, 0.5) is 5.82 Å². The van der Waals surface area contributed by atoms with Crippen molar-refractivity contribution < 1.29 is 13.5 Å². The van der Waals surface area contributed by atoms with Gasteiger partial charge in [-0.3, -0.25) is 9.36 Å². The summed E-state index contributed by atoms with van der Waals surface area (Å²) in [6, 6.07) is 16.9. The maximum absolute atomic E-state index is 13.8. The molecule has 46 heavy (non-hydrogen) atoms. The second-order valence-electron chi connectivity index (χ2n) is 11.0. The molecule has 0 unspecified atom stereocenters. The molecule has 5 N–H and O–H groups in total. The van der Waals surface area contributed by atoms with Gasteiger partial charge in [0.05, 0.1) is 34.2 Å². The number of aromatic hydroxyl groups is 1. The number of fused-ring (bicyclic) bond motifs is 2. The molecule has 15 heteroatoms. The Morgan fingerprint density at radius 3 is 2.61 bits per heavy atom. The standard InChI is InChI=1S/C31H28N10O4S/c1-18-8-10-40-27(18)31(43)41(21-6-4-3-5-7-21)30(38-40)19(2)36-29-26-24(15-33-28(26)34-17-35-29)25-9-11-39(37-25)22-12-20(13-23(42)14-22)16-46(32,44)45/h3-15,17,19,42H,16H2,1-2H3,(H2,32,44,45)(H2,33,34,35,36)/t19-/m0/s1. The molecule has 0 aliphatic heterocycles. The Kier molecular flexibility index (Phi) is 6.90. The molecular formula is C31H28N10O4S. The molecule has 0 amide bonds. The maximum atomic E-state index is 13.8. The number of nitrogens with two attached hydrogens (primary N) is 1. The fourth-order valence-corrected chi connectivity index (χ4v) is 6.23. The van der Waals surface area contributed by atoms with Crippen LogP contribution in [0, 0.1) is 6.92 Å². The molecule has 14 nitrogen and oxygen atoms in total. The Bertz CT molecular complexity index is 2430. The Morgan fingerprint density at radius 1 is 1.02 bits per heavy atom.